The molecule has 0 amide bonds. The van der Waals surface area contributed by atoms with Crippen molar-refractivity contribution in [2.45, 2.75) is 25.3 Å². The molecule has 0 aromatic heterocycles. The van der Waals surface area contributed by atoms with E-state index < -0.39 is 24.2 Å². The Morgan fingerprint density at radius 2 is 1.85 bits per heavy atom. The molecule has 6 nitrogen and oxygen atoms in total. The zero-order valence-corrected chi connectivity index (χ0v) is 11.2. The summed E-state index contributed by atoms with van der Waals surface area (Å²) < 4.78 is 4.54. The first-order valence-electron chi connectivity index (χ1n) is 6.11. The average Bonchev–Trinajstić information content (AvgIpc) is 2.43. The van der Waals surface area contributed by atoms with Gasteiger partial charge in [0.25, 0.3) is 0 Å². The SMILES string of the molecule is COC(=O)CCc1ccc(C(=O)[C@H](N)CC(=O)O)cc1. The summed E-state index contributed by atoms with van der Waals surface area (Å²) in [6, 6.07) is 5.54. The van der Waals surface area contributed by atoms with Crippen molar-refractivity contribution in [1.29, 1.82) is 0 Å². The lowest BCUT2D eigenvalue weighted by molar-refractivity contribution is -0.140. The number of carbonyl (C=O) groups excluding carboxylic acids is 2. The lowest BCUT2D eigenvalue weighted by atomic mass is 10.00. The highest BCUT2D eigenvalue weighted by Crippen LogP contribution is 2.10. The van der Waals surface area contributed by atoms with Gasteiger partial charge in [-0.25, -0.2) is 0 Å². The summed E-state index contributed by atoms with van der Waals surface area (Å²) in [6.45, 7) is 0. The standard InChI is InChI=1S/C14H17NO5/c1-20-13(18)7-4-9-2-5-10(6-3-9)14(19)11(15)8-12(16)17/h2-3,5-6,11H,4,7-8,15H2,1H3,(H,16,17)/t11-/m1/s1. The van der Waals surface area contributed by atoms with Crippen LogP contribution in [-0.4, -0.2) is 36.0 Å². The van der Waals surface area contributed by atoms with E-state index in [1.165, 1.54) is 7.11 Å². The number of nitrogens with two attached hydrogens (primary N) is 1. The molecule has 0 aliphatic heterocycles. The highest BCUT2D eigenvalue weighted by molar-refractivity contribution is 6.01. The molecule has 0 unspecified atom stereocenters. The van der Waals surface area contributed by atoms with Crippen LogP contribution >= 0.6 is 0 Å². The topological polar surface area (TPSA) is 107 Å². The van der Waals surface area contributed by atoms with Crippen LogP contribution in [0, 0.1) is 0 Å². The maximum absolute atomic E-state index is 11.8. The van der Waals surface area contributed by atoms with Gasteiger partial charge in [-0.15, -0.1) is 0 Å². The van der Waals surface area contributed by atoms with E-state index in [9.17, 15) is 14.4 Å². The van der Waals surface area contributed by atoms with Gasteiger partial charge in [-0.05, 0) is 12.0 Å². The highest BCUT2D eigenvalue weighted by Gasteiger charge is 2.18. The number of carboxylic acid groups (broad SMARTS) is 1. The molecule has 0 heterocycles. The first kappa shape index (κ1) is 15.8. The first-order chi connectivity index (χ1) is 9.43. The minimum absolute atomic E-state index is 0.266. The molecule has 3 N–H and O–H groups in total. The fraction of sp³-hybridized carbons (Fsp3) is 0.357. The maximum atomic E-state index is 11.8. The van der Waals surface area contributed by atoms with Gasteiger partial charge in [0.05, 0.1) is 19.6 Å². The van der Waals surface area contributed by atoms with Crippen LogP contribution < -0.4 is 5.73 Å². The number of hydrogen-bond acceptors (Lipinski definition) is 5. The van der Waals surface area contributed by atoms with Crippen LogP contribution in [0.5, 0.6) is 0 Å². The largest absolute Gasteiger partial charge is 0.481 e. The Hall–Kier alpha value is -2.21. The van der Waals surface area contributed by atoms with E-state index in [0.29, 0.717) is 12.0 Å². The summed E-state index contributed by atoms with van der Waals surface area (Å²) in [5, 5.41) is 8.59. The summed E-state index contributed by atoms with van der Waals surface area (Å²) in [5.41, 5.74) is 6.76. The van der Waals surface area contributed by atoms with Crippen molar-refractivity contribution in [3.05, 3.63) is 35.4 Å². The van der Waals surface area contributed by atoms with E-state index in [1.54, 1.807) is 24.3 Å². The van der Waals surface area contributed by atoms with Crippen LogP contribution in [0.3, 0.4) is 0 Å². The number of rotatable bonds is 7. The lowest BCUT2D eigenvalue weighted by Gasteiger charge is -2.08. The van der Waals surface area contributed by atoms with Crippen molar-refractivity contribution in [1.82, 2.24) is 0 Å². The molecule has 0 saturated carbocycles. The smallest absolute Gasteiger partial charge is 0.305 e. The van der Waals surface area contributed by atoms with Gasteiger partial charge >= 0.3 is 11.9 Å². The molecule has 0 aliphatic rings. The fourth-order valence-corrected chi connectivity index (χ4v) is 1.68. The normalized spacial score (nSPS) is 11.7. The number of ether oxygens (including phenoxy) is 1. The molecule has 108 valence electrons. The molecule has 1 atom stereocenters. The monoisotopic (exact) mass is 279 g/mol. The number of carboxylic acids is 1. The van der Waals surface area contributed by atoms with Gasteiger partial charge < -0.3 is 15.6 Å². The van der Waals surface area contributed by atoms with Crippen molar-refractivity contribution >= 4 is 17.7 Å². The van der Waals surface area contributed by atoms with Gasteiger partial charge in [-0.2, -0.15) is 0 Å². The van der Waals surface area contributed by atoms with E-state index in [0.717, 1.165) is 5.56 Å². The Morgan fingerprint density at radius 3 is 2.35 bits per heavy atom. The number of ketones is 1. The van der Waals surface area contributed by atoms with E-state index >= 15 is 0 Å². The molecule has 6 heteroatoms. The molecule has 0 aliphatic carbocycles. The predicted molar refractivity (Wildman–Crippen MR) is 71.3 cm³/mol. The fourth-order valence-electron chi connectivity index (χ4n) is 1.68. The molecule has 1 aromatic carbocycles. The number of hydrogen-bond donors (Lipinski definition) is 2. The molecule has 0 bridgehead atoms. The van der Waals surface area contributed by atoms with Crippen LogP contribution in [0.25, 0.3) is 0 Å². The highest BCUT2D eigenvalue weighted by atomic mass is 16.5. The van der Waals surface area contributed by atoms with Crippen LogP contribution in [-0.2, 0) is 20.7 Å². The Labute approximate surface area is 116 Å². The van der Waals surface area contributed by atoms with Gasteiger partial charge in [-0.3, -0.25) is 14.4 Å². The number of carbonyl (C=O) groups is 3. The number of aryl methyl sites for hydroxylation is 1. The molecule has 1 aromatic rings. The van der Waals surface area contributed by atoms with Gasteiger partial charge in [0.15, 0.2) is 5.78 Å². The Balaban J connectivity index is 2.63. The Bertz CT molecular complexity index is 495. The van der Waals surface area contributed by atoms with Crippen molar-refractivity contribution < 1.29 is 24.2 Å². The van der Waals surface area contributed by atoms with E-state index in [2.05, 4.69) is 4.74 Å². The van der Waals surface area contributed by atoms with Crippen molar-refractivity contribution in [2.75, 3.05) is 7.11 Å². The van der Waals surface area contributed by atoms with Crippen LogP contribution in [0.4, 0.5) is 0 Å². The first-order valence-corrected chi connectivity index (χ1v) is 6.11. The summed E-state index contributed by atoms with van der Waals surface area (Å²) in [7, 11) is 1.33. The number of aliphatic carboxylic acids is 1. The predicted octanol–water partition coefficient (Wildman–Crippen LogP) is 0.777. The molecular weight excluding hydrogens is 262 g/mol. The summed E-state index contributed by atoms with van der Waals surface area (Å²) >= 11 is 0. The van der Waals surface area contributed by atoms with Gasteiger partial charge in [0.1, 0.15) is 0 Å². The van der Waals surface area contributed by atoms with E-state index in [-0.39, 0.29) is 12.4 Å². The molecule has 0 saturated heterocycles. The minimum atomic E-state index is -1.11. The molecule has 0 spiro atoms. The van der Waals surface area contributed by atoms with Crippen LogP contribution in [0.15, 0.2) is 24.3 Å². The van der Waals surface area contributed by atoms with Crippen molar-refractivity contribution in [2.24, 2.45) is 5.73 Å². The third-order valence-electron chi connectivity index (χ3n) is 2.82. The van der Waals surface area contributed by atoms with Crippen LogP contribution in [0.1, 0.15) is 28.8 Å². The zero-order valence-electron chi connectivity index (χ0n) is 11.2. The van der Waals surface area contributed by atoms with Crippen LogP contribution in [0.2, 0.25) is 0 Å². The van der Waals surface area contributed by atoms with Crippen molar-refractivity contribution in [3.8, 4) is 0 Å². The molecule has 1 rings (SSSR count). The minimum Gasteiger partial charge on any atom is -0.481 e. The number of Topliss-reactive ketones (excluding diaryl/α,β-unsaturated/α-hetero) is 1. The maximum Gasteiger partial charge on any atom is 0.305 e. The second-order valence-electron chi connectivity index (χ2n) is 4.34. The summed E-state index contributed by atoms with van der Waals surface area (Å²) in [6.07, 6.45) is 0.383. The summed E-state index contributed by atoms with van der Waals surface area (Å²) in [4.78, 5) is 33.3. The van der Waals surface area contributed by atoms with E-state index in [4.69, 9.17) is 10.8 Å². The molecule has 20 heavy (non-hydrogen) atoms. The summed E-state index contributed by atoms with van der Waals surface area (Å²) in [5.74, 6) is -1.82. The second kappa shape index (κ2) is 7.40. The molecule has 0 fully saturated rings. The molecular formula is C14H17NO5. The van der Waals surface area contributed by atoms with Crippen molar-refractivity contribution in [3.63, 3.8) is 0 Å². The Morgan fingerprint density at radius 1 is 1.25 bits per heavy atom. The number of esters is 1. The zero-order chi connectivity index (χ0) is 15.1. The van der Waals surface area contributed by atoms with Gasteiger partial charge in [0, 0.05) is 12.0 Å². The average molecular weight is 279 g/mol. The third kappa shape index (κ3) is 4.81. The lowest BCUT2D eigenvalue weighted by Crippen LogP contribution is -2.32. The number of benzene rings is 1. The quantitative estimate of drug-likeness (QED) is 0.564. The van der Waals surface area contributed by atoms with Gasteiger partial charge in [-0.1, -0.05) is 24.3 Å². The third-order valence-corrected chi connectivity index (χ3v) is 2.82. The van der Waals surface area contributed by atoms with Gasteiger partial charge in [0.2, 0.25) is 0 Å². The second-order valence-corrected chi connectivity index (χ2v) is 4.34. The Kier molecular flexibility index (Phi) is 5.86. The van der Waals surface area contributed by atoms with E-state index in [1.807, 2.05) is 0 Å². The number of methoxy groups -OCH3 is 1. The molecule has 0 radical (unpaired) electrons.